The van der Waals surface area contributed by atoms with Gasteiger partial charge in [-0.25, -0.2) is 9.59 Å². The zero-order valence-electron chi connectivity index (χ0n) is 38.3. The number of fused-ring (bicyclic) bond motifs is 1. The molecule has 3 heterocycles. The number of β-lactam (4-membered cyclic amide) rings is 1. The van der Waals surface area contributed by atoms with Gasteiger partial charge in [-0.05, 0) is 68.7 Å². The minimum absolute atomic E-state index is 0.0948. The molecule has 6 unspecified atom stereocenters. The lowest BCUT2D eigenvalue weighted by Gasteiger charge is -2.45. The van der Waals surface area contributed by atoms with E-state index >= 15 is 0 Å². The van der Waals surface area contributed by atoms with E-state index in [1.54, 1.807) is 68.4 Å². The SMILES string of the molecule is CC(C)C(NC(=O)CCCCCN1C(=O)C=CC1=O)C(=O)NC(CCCNC(N)=O)C(=O)Nc1ccc(COC(=O)NC(C(=O)NC2C(=O)N3C2SC(C)(C)C3CC(=O)O)c2ccccc2)cc1. The molecule has 3 aliphatic rings. The Hall–Kier alpha value is -6.97. The molecule has 21 nitrogen and oxygen atoms in total. The number of thioether (sulfide) groups is 1. The third kappa shape index (κ3) is 14.0. The van der Waals surface area contributed by atoms with E-state index in [4.69, 9.17) is 10.5 Å². The Morgan fingerprint density at radius 2 is 1.51 bits per heavy atom. The highest BCUT2D eigenvalue weighted by Crippen LogP contribution is 2.51. The molecule has 2 aromatic rings. The van der Waals surface area contributed by atoms with E-state index in [2.05, 4.69) is 31.9 Å². The number of alkyl carbamates (subject to hydrolysis) is 1. The minimum Gasteiger partial charge on any atom is -0.481 e. The Bertz CT molecular complexity index is 2240. The van der Waals surface area contributed by atoms with E-state index in [1.165, 1.54) is 28.8 Å². The molecule has 3 aliphatic heterocycles. The fourth-order valence-electron chi connectivity index (χ4n) is 7.93. The summed E-state index contributed by atoms with van der Waals surface area (Å²) in [6, 6.07) is 9.10. The number of nitrogens with one attached hydrogen (secondary N) is 6. The first-order chi connectivity index (χ1) is 32.2. The van der Waals surface area contributed by atoms with Gasteiger partial charge in [0.1, 0.15) is 36.1 Å². The summed E-state index contributed by atoms with van der Waals surface area (Å²) < 4.78 is 4.88. The molecule has 2 saturated heterocycles. The van der Waals surface area contributed by atoms with Gasteiger partial charge in [-0.2, -0.15) is 0 Å². The molecule has 0 bridgehead atoms. The van der Waals surface area contributed by atoms with E-state index in [0.29, 0.717) is 36.1 Å². The average molecular weight is 962 g/mol. The van der Waals surface area contributed by atoms with E-state index in [1.807, 2.05) is 13.8 Å². The molecule has 0 saturated carbocycles. The van der Waals surface area contributed by atoms with Crippen molar-refractivity contribution in [3.8, 4) is 0 Å². The number of aliphatic carboxylic acids is 1. The number of carbonyl (C=O) groups is 10. The van der Waals surface area contributed by atoms with Crippen molar-refractivity contribution in [1.82, 2.24) is 36.4 Å². The number of carbonyl (C=O) groups excluding carboxylic acids is 9. The van der Waals surface area contributed by atoms with Crippen LogP contribution in [0.3, 0.4) is 0 Å². The Kier molecular flexibility index (Phi) is 18.1. The second-order valence-electron chi connectivity index (χ2n) is 17.5. The molecule has 0 aromatic heterocycles. The van der Waals surface area contributed by atoms with Gasteiger partial charge in [0.2, 0.25) is 29.5 Å². The Morgan fingerprint density at radius 3 is 2.15 bits per heavy atom. The third-order valence-electron chi connectivity index (χ3n) is 11.6. The van der Waals surface area contributed by atoms with Crippen molar-refractivity contribution in [2.24, 2.45) is 11.7 Å². The Balaban J connectivity index is 1.13. The van der Waals surface area contributed by atoms with Gasteiger partial charge < -0.3 is 52.4 Å². The molecule has 2 aromatic carbocycles. The number of rotatable bonds is 24. The summed E-state index contributed by atoms with van der Waals surface area (Å²) in [4.78, 5) is 129. The highest BCUT2D eigenvalue weighted by Gasteiger charge is 2.62. The van der Waals surface area contributed by atoms with Crippen molar-refractivity contribution >= 4 is 76.9 Å². The normalized spacial score (nSPS) is 19.2. The van der Waals surface area contributed by atoms with Crippen molar-refractivity contribution in [2.45, 2.75) is 120 Å². The number of imide groups is 1. The van der Waals surface area contributed by atoms with Crippen LogP contribution in [0.1, 0.15) is 89.8 Å². The number of unbranched alkanes of at least 4 members (excludes halogenated alkanes) is 2. The molecular formula is C46H59N9O12S. The summed E-state index contributed by atoms with van der Waals surface area (Å²) in [7, 11) is 0. The number of amides is 10. The average Bonchev–Trinajstić information content (AvgIpc) is 3.73. The van der Waals surface area contributed by atoms with Crippen molar-refractivity contribution in [3.05, 3.63) is 77.9 Å². The lowest BCUT2D eigenvalue weighted by Crippen LogP contribution is -2.70. The summed E-state index contributed by atoms with van der Waals surface area (Å²) in [5.41, 5.74) is 6.46. The first-order valence-corrected chi connectivity index (χ1v) is 23.2. The smallest absolute Gasteiger partial charge is 0.408 e. The number of urea groups is 1. The molecule has 2 fully saturated rings. The molecular weight excluding hydrogens is 903 g/mol. The van der Waals surface area contributed by atoms with Gasteiger partial charge in [0.25, 0.3) is 11.8 Å². The van der Waals surface area contributed by atoms with Crippen molar-refractivity contribution in [3.63, 3.8) is 0 Å². The number of primary amides is 1. The molecule has 6 atom stereocenters. The lowest BCUT2D eigenvalue weighted by atomic mass is 9.93. The largest absolute Gasteiger partial charge is 0.481 e. The Morgan fingerprint density at radius 1 is 0.838 bits per heavy atom. The molecule has 9 N–H and O–H groups in total. The summed E-state index contributed by atoms with van der Waals surface area (Å²) in [6.07, 6.45) is 3.24. The second-order valence-corrected chi connectivity index (χ2v) is 19.2. The van der Waals surface area contributed by atoms with Crippen LogP contribution in [0, 0.1) is 5.92 Å². The standard InChI is InChI=1S/C46H59N9O12S/c1-26(2)36(51-32(56)15-9-6-10-23-54-33(57)20-21-34(54)58)40(62)50-30(14-11-22-48-44(47)65)39(61)49-29-18-16-27(17-19-29)25-67-45(66)53-37(28-12-7-5-8-13-28)41(63)52-38-42(64)55-31(24-35(59)60)46(3,4)68-43(38)55/h5,7-8,12-13,16-21,26,30-31,36-38,43H,6,9-11,14-15,22-25H2,1-4H3,(H,49,61)(H,50,62)(H,51,56)(H,52,63)(H,53,66)(H,59,60)(H3,47,48,65). The topological polar surface area (TPSA) is 305 Å². The van der Waals surface area contributed by atoms with E-state index in [9.17, 15) is 53.1 Å². The number of nitrogens with zero attached hydrogens (tertiary/aromatic N) is 2. The summed E-state index contributed by atoms with van der Waals surface area (Å²) in [5, 5.41) is 24.9. The zero-order chi connectivity index (χ0) is 49.7. The fraction of sp³-hybridized carbons (Fsp3) is 0.478. The van der Waals surface area contributed by atoms with Crippen LogP contribution in [0.15, 0.2) is 66.7 Å². The predicted molar refractivity (Wildman–Crippen MR) is 248 cm³/mol. The molecule has 5 rings (SSSR count). The number of carboxylic acids is 1. The van der Waals surface area contributed by atoms with E-state index in [-0.39, 0.29) is 69.0 Å². The van der Waals surface area contributed by atoms with Crippen molar-refractivity contribution in [1.29, 1.82) is 0 Å². The maximum atomic E-state index is 13.7. The van der Waals surface area contributed by atoms with Gasteiger partial charge in [0, 0.05) is 42.1 Å². The highest BCUT2D eigenvalue weighted by molar-refractivity contribution is 8.01. The second kappa shape index (κ2) is 23.7. The monoisotopic (exact) mass is 961 g/mol. The first-order valence-electron chi connectivity index (χ1n) is 22.3. The molecule has 0 radical (unpaired) electrons. The maximum Gasteiger partial charge on any atom is 0.408 e. The van der Waals surface area contributed by atoms with Crippen LogP contribution in [-0.4, -0.2) is 122 Å². The summed E-state index contributed by atoms with van der Waals surface area (Å²) >= 11 is 1.40. The molecule has 68 heavy (non-hydrogen) atoms. The van der Waals surface area contributed by atoms with Crippen LogP contribution in [0.4, 0.5) is 15.3 Å². The van der Waals surface area contributed by atoms with Crippen LogP contribution < -0.4 is 37.6 Å². The number of hydrogen-bond donors (Lipinski definition) is 8. The van der Waals surface area contributed by atoms with Gasteiger partial charge in [-0.3, -0.25) is 43.3 Å². The van der Waals surface area contributed by atoms with Crippen molar-refractivity contribution in [2.75, 3.05) is 18.4 Å². The van der Waals surface area contributed by atoms with Gasteiger partial charge in [0.15, 0.2) is 0 Å². The fourth-order valence-corrected chi connectivity index (χ4v) is 9.59. The predicted octanol–water partition coefficient (Wildman–Crippen LogP) is 2.17. The van der Waals surface area contributed by atoms with Crippen LogP contribution in [0.25, 0.3) is 0 Å². The van der Waals surface area contributed by atoms with Gasteiger partial charge >= 0.3 is 18.1 Å². The molecule has 0 aliphatic carbocycles. The van der Waals surface area contributed by atoms with Crippen LogP contribution >= 0.6 is 11.8 Å². The summed E-state index contributed by atoms with van der Waals surface area (Å²) in [6.45, 7) is 7.33. The molecule has 22 heteroatoms. The Labute approximate surface area is 397 Å². The third-order valence-corrected chi connectivity index (χ3v) is 13.2. The van der Waals surface area contributed by atoms with E-state index < -0.39 is 82.1 Å². The summed E-state index contributed by atoms with van der Waals surface area (Å²) in [5.74, 6) is -4.78. The number of hydrogen-bond acceptors (Lipinski definition) is 12. The number of anilines is 1. The van der Waals surface area contributed by atoms with Gasteiger partial charge in [-0.1, -0.05) is 62.7 Å². The zero-order valence-corrected chi connectivity index (χ0v) is 39.1. The van der Waals surface area contributed by atoms with Gasteiger partial charge in [-0.15, -0.1) is 11.8 Å². The molecule has 366 valence electrons. The quantitative estimate of drug-likeness (QED) is 0.0426. The van der Waals surface area contributed by atoms with Crippen LogP contribution in [0.5, 0.6) is 0 Å². The van der Waals surface area contributed by atoms with Crippen LogP contribution in [0.2, 0.25) is 0 Å². The van der Waals surface area contributed by atoms with E-state index in [0.717, 1.165) is 4.90 Å². The number of nitrogens with two attached hydrogens (primary N) is 1. The first kappa shape index (κ1) is 52.0. The molecule has 0 spiro atoms. The van der Waals surface area contributed by atoms with Crippen molar-refractivity contribution < 1.29 is 57.8 Å². The van der Waals surface area contributed by atoms with Crippen LogP contribution in [-0.2, 0) is 49.7 Å². The maximum absolute atomic E-state index is 13.7. The minimum atomic E-state index is -1.24. The lowest BCUT2D eigenvalue weighted by molar-refractivity contribution is -0.154. The highest BCUT2D eigenvalue weighted by atomic mass is 32.2. The van der Waals surface area contributed by atoms with Gasteiger partial charge in [0.05, 0.1) is 12.5 Å². The molecule has 10 amide bonds. The number of carboxylic acid groups (broad SMARTS) is 1. The number of benzene rings is 2. The number of ether oxygens (including phenoxy) is 1.